The Kier molecular flexibility index (Phi) is 6.01. The standard InChI is InChI=1S/C21H22N4O5/c1-12(2)30-16-10-9-13(11-17(16)29-4)19(26)22-23-20(27)18-14-7-5-6-8-15(14)21(28)25(3)24-18/h5-12H,1-4H3,(H,22,26)(H,23,27). The minimum atomic E-state index is -0.651. The van der Waals surface area contributed by atoms with Gasteiger partial charge in [-0.25, -0.2) is 4.68 Å². The van der Waals surface area contributed by atoms with Crippen LogP contribution in [0, 0.1) is 0 Å². The van der Waals surface area contributed by atoms with Gasteiger partial charge in [0.05, 0.1) is 18.6 Å². The number of carbonyl (C=O) groups is 2. The van der Waals surface area contributed by atoms with Gasteiger partial charge in [-0.05, 0) is 38.1 Å². The largest absolute Gasteiger partial charge is 0.493 e. The quantitative estimate of drug-likeness (QED) is 0.621. The second-order valence-electron chi connectivity index (χ2n) is 6.76. The zero-order valence-corrected chi connectivity index (χ0v) is 17.1. The Hall–Kier alpha value is -3.88. The number of methoxy groups -OCH3 is 1. The third-order valence-electron chi connectivity index (χ3n) is 4.25. The third kappa shape index (κ3) is 4.24. The Morgan fingerprint density at radius 1 is 1.00 bits per heavy atom. The summed E-state index contributed by atoms with van der Waals surface area (Å²) in [6.07, 6.45) is -0.0537. The molecule has 0 bridgehead atoms. The summed E-state index contributed by atoms with van der Waals surface area (Å²) in [5.74, 6) is -0.295. The molecule has 0 atom stereocenters. The van der Waals surface area contributed by atoms with Gasteiger partial charge in [0.15, 0.2) is 17.2 Å². The summed E-state index contributed by atoms with van der Waals surface area (Å²) in [6, 6.07) is 11.3. The first kappa shape index (κ1) is 20.8. The van der Waals surface area contributed by atoms with Crippen molar-refractivity contribution in [2.75, 3.05) is 7.11 Å². The highest BCUT2D eigenvalue weighted by molar-refractivity contribution is 6.06. The number of rotatable bonds is 5. The molecule has 0 fully saturated rings. The number of carbonyl (C=O) groups excluding carboxylic acids is 2. The monoisotopic (exact) mass is 410 g/mol. The first-order valence-corrected chi connectivity index (χ1v) is 9.23. The van der Waals surface area contributed by atoms with E-state index < -0.39 is 11.8 Å². The molecule has 1 heterocycles. The van der Waals surface area contributed by atoms with Gasteiger partial charge in [-0.2, -0.15) is 5.10 Å². The van der Waals surface area contributed by atoms with Crippen molar-refractivity contribution < 1.29 is 19.1 Å². The van der Waals surface area contributed by atoms with Crippen molar-refractivity contribution in [3.05, 3.63) is 64.1 Å². The number of amides is 2. The lowest BCUT2D eigenvalue weighted by atomic mass is 10.1. The van der Waals surface area contributed by atoms with Crippen LogP contribution in [0.25, 0.3) is 10.8 Å². The smallest absolute Gasteiger partial charge is 0.290 e. The van der Waals surface area contributed by atoms with E-state index in [1.54, 1.807) is 36.4 Å². The minimum absolute atomic E-state index is 0.0197. The number of aryl methyl sites for hydroxylation is 1. The Balaban J connectivity index is 1.79. The fourth-order valence-corrected chi connectivity index (χ4v) is 2.87. The summed E-state index contributed by atoms with van der Waals surface area (Å²) in [4.78, 5) is 37.3. The maximum absolute atomic E-state index is 12.6. The lowest BCUT2D eigenvalue weighted by molar-refractivity contribution is 0.0843. The van der Waals surface area contributed by atoms with E-state index in [2.05, 4.69) is 16.0 Å². The molecule has 0 unspecified atom stereocenters. The van der Waals surface area contributed by atoms with Gasteiger partial charge in [-0.1, -0.05) is 18.2 Å². The second-order valence-corrected chi connectivity index (χ2v) is 6.76. The maximum Gasteiger partial charge on any atom is 0.290 e. The molecule has 30 heavy (non-hydrogen) atoms. The molecule has 3 rings (SSSR count). The number of nitrogens with zero attached hydrogens (tertiary/aromatic N) is 2. The number of ether oxygens (including phenoxy) is 2. The number of hydrogen-bond donors (Lipinski definition) is 2. The molecule has 1 aromatic heterocycles. The molecular weight excluding hydrogens is 388 g/mol. The Morgan fingerprint density at radius 2 is 1.67 bits per heavy atom. The molecule has 9 heteroatoms. The first-order chi connectivity index (χ1) is 14.3. The van der Waals surface area contributed by atoms with Gasteiger partial charge < -0.3 is 9.47 Å². The third-order valence-corrected chi connectivity index (χ3v) is 4.25. The average molecular weight is 410 g/mol. The zero-order chi connectivity index (χ0) is 21.8. The number of nitrogens with one attached hydrogen (secondary N) is 2. The van der Waals surface area contributed by atoms with E-state index in [1.807, 2.05) is 13.8 Å². The SMILES string of the molecule is COc1cc(C(=O)NNC(=O)c2nn(C)c(=O)c3ccccc23)ccc1OC(C)C. The molecule has 0 aliphatic carbocycles. The molecule has 2 N–H and O–H groups in total. The topological polar surface area (TPSA) is 112 Å². The van der Waals surface area contributed by atoms with Crippen molar-refractivity contribution >= 4 is 22.6 Å². The summed E-state index contributed by atoms with van der Waals surface area (Å²) < 4.78 is 12.0. The molecule has 2 aromatic carbocycles. The summed E-state index contributed by atoms with van der Waals surface area (Å²) in [7, 11) is 2.93. The number of hydrazine groups is 1. The van der Waals surface area contributed by atoms with E-state index in [0.29, 0.717) is 22.3 Å². The van der Waals surface area contributed by atoms with Crippen LogP contribution in [0.5, 0.6) is 11.5 Å². The van der Waals surface area contributed by atoms with E-state index in [-0.39, 0.29) is 22.9 Å². The lowest BCUT2D eigenvalue weighted by Crippen LogP contribution is -2.42. The van der Waals surface area contributed by atoms with Gasteiger partial charge in [0, 0.05) is 18.0 Å². The molecule has 3 aromatic rings. The Labute approximate surface area is 172 Å². The van der Waals surface area contributed by atoms with Gasteiger partial charge in [-0.15, -0.1) is 0 Å². The predicted octanol–water partition coefficient (Wildman–Crippen LogP) is 1.80. The average Bonchev–Trinajstić information content (AvgIpc) is 2.74. The van der Waals surface area contributed by atoms with Crippen LogP contribution in [-0.4, -0.2) is 34.8 Å². The van der Waals surface area contributed by atoms with Crippen molar-refractivity contribution in [3.63, 3.8) is 0 Å². The Morgan fingerprint density at radius 3 is 2.33 bits per heavy atom. The molecule has 0 saturated carbocycles. The van der Waals surface area contributed by atoms with Crippen LogP contribution in [-0.2, 0) is 7.05 Å². The van der Waals surface area contributed by atoms with Gasteiger partial charge in [0.25, 0.3) is 17.4 Å². The van der Waals surface area contributed by atoms with Gasteiger partial charge in [0.1, 0.15) is 0 Å². The first-order valence-electron chi connectivity index (χ1n) is 9.23. The molecular formula is C21H22N4O5. The molecule has 0 aliphatic rings. The van der Waals surface area contributed by atoms with E-state index in [0.717, 1.165) is 4.68 Å². The minimum Gasteiger partial charge on any atom is -0.493 e. The van der Waals surface area contributed by atoms with Crippen molar-refractivity contribution in [2.24, 2.45) is 7.05 Å². The number of aromatic nitrogens is 2. The molecule has 9 nitrogen and oxygen atoms in total. The van der Waals surface area contributed by atoms with Crippen LogP contribution in [0.15, 0.2) is 47.3 Å². The molecule has 0 aliphatic heterocycles. The highest BCUT2D eigenvalue weighted by Gasteiger charge is 2.17. The Bertz CT molecular complexity index is 1170. The molecule has 0 saturated heterocycles. The van der Waals surface area contributed by atoms with Crippen molar-refractivity contribution in [1.29, 1.82) is 0 Å². The van der Waals surface area contributed by atoms with E-state index in [1.165, 1.54) is 20.2 Å². The fraction of sp³-hybridized carbons (Fsp3) is 0.238. The van der Waals surface area contributed by atoms with Crippen LogP contribution >= 0.6 is 0 Å². The second kappa shape index (κ2) is 8.64. The highest BCUT2D eigenvalue weighted by Crippen LogP contribution is 2.28. The lowest BCUT2D eigenvalue weighted by Gasteiger charge is -2.14. The maximum atomic E-state index is 12.6. The van der Waals surface area contributed by atoms with Crippen molar-refractivity contribution in [1.82, 2.24) is 20.6 Å². The highest BCUT2D eigenvalue weighted by atomic mass is 16.5. The molecule has 0 spiro atoms. The van der Waals surface area contributed by atoms with Crippen LogP contribution in [0.2, 0.25) is 0 Å². The number of benzene rings is 2. The van der Waals surface area contributed by atoms with Crippen molar-refractivity contribution in [2.45, 2.75) is 20.0 Å². The van der Waals surface area contributed by atoms with Crippen molar-refractivity contribution in [3.8, 4) is 11.5 Å². The van der Waals surface area contributed by atoms with Crippen LogP contribution in [0.3, 0.4) is 0 Å². The molecule has 0 radical (unpaired) electrons. The summed E-state index contributed by atoms with van der Waals surface area (Å²) in [6.45, 7) is 3.76. The summed E-state index contributed by atoms with van der Waals surface area (Å²) >= 11 is 0. The van der Waals surface area contributed by atoms with Gasteiger partial charge in [0.2, 0.25) is 0 Å². The van der Waals surface area contributed by atoms with E-state index in [4.69, 9.17) is 9.47 Å². The fourth-order valence-electron chi connectivity index (χ4n) is 2.87. The van der Waals surface area contributed by atoms with Gasteiger partial charge in [-0.3, -0.25) is 25.2 Å². The van der Waals surface area contributed by atoms with Crippen LogP contribution < -0.4 is 25.9 Å². The number of hydrogen-bond acceptors (Lipinski definition) is 6. The summed E-state index contributed by atoms with van der Waals surface area (Å²) in [5, 5.41) is 4.77. The van der Waals surface area contributed by atoms with E-state index in [9.17, 15) is 14.4 Å². The predicted molar refractivity (Wildman–Crippen MR) is 111 cm³/mol. The zero-order valence-electron chi connectivity index (χ0n) is 17.1. The summed E-state index contributed by atoms with van der Waals surface area (Å²) in [5.41, 5.74) is 4.64. The normalized spacial score (nSPS) is 10.7. The van der Waals surface area contributed by atoms with Gasteiger partial charge >= 0.3 is 0 Å². The molecule has 2 amide bonds. The van der Waals surface area contributed by atoms with Crippen LogP contribution in [0.1, 0.15) is 34.7 Å². The molecule has 156 valence electrons. The number of fused-ring (bicyclic) bond motifs is 1. The van der Waals surface area contributed by atoms with Crippen LogP contribution in [0.4, 0.5) is 0 Å². The van der Waals surface area contributed by atoms with E-state index >= 15 is 0 Å².